The van der Waals surface area contributed by atoms with Gasteiger partial charge in [0, 0.05) is 52.1 Å². The summed E-state index contributed by atoms with van der Waals surface area (Å²) in [4.78, 5) is 3.98. The van der Waals surface area contributed by atoms with Gasteiger partial charge in [0.25, 0.3) is 0 Å². The van der Waals surface area contributed by atoms with E-state index in [1.165, 1.54) is 11.1 Å². The van der Waals surface area contributed by atoms with Crippen LogP contribution < -0.4 is 0 Å². The van der Waals surface area contributed by atoms with Crippen LogP contribution in [0.2, 0.25) is 0 Å². The average Bonchev–Trinajstić information content (AvgIpc) is 3.06. The van der Waals surface area contributed by atoms with Crippen molar-refractivity contribution < 1.29 is 0 Å². The molecule has 21 heavy (non-hydrogen) atoms. The van der Waals surface area contributed by atoms with Crippen LogP contribution in [0, 0.1) is 20.8 Å². The molecule has 0 N–H and O–H groups in total. The topological polar surface area (TPSA) is 27.7 Å². The molecular weight excluding hydrogens is 260 g/mol. The van der Waals surface area contributed by atoms with Crippen LogP contribution in [0.25, 0.3) is 0 Å². The standard InChI is InChI=1S/2C6H9N.C5H8N2/c2*1-6-3-4-7(2)5-6;1-5-3-7(2)4-6-5/h2*3-5H,1-2H3;3-4H,1-2H3. The Hall–Kier alpha value is -2.23. The Labute approximate surface area is 127 Å². The summed E-state index contributed by atoms with van der Waals surface area (Å²) in [6.07, 6.45) is 12.0. The minimum Gasteiger partial charge on any atom is -0.357 e. The molecule has 114 valence electrons. The van der Waals surface area contributed by atoms with Gasteiger partial charge >= 0.3 is 0 Å². The summed E-state index contributed by atoms with van der Waals surface area (Å²) in [7, 11) is 6.00. The lowest BCUT2D eigenvalue weighted by atomic mass is 10.4. The highest BCUT2D eigenvalue weighted by Crippen LogP contribution is 1.94. The first-order valence-electron chi connectivity index (χ1n) is 6.98. The zero-order chi connectivity index (χ0) is 15.8. The third-order valence-electron chi connectivity index (χ3n) is 2.79. The van der Waals surface area contributed by atoms with Crippen molar-refractivity contribution in [1.82, 2.24) is 18.7 Å². The van der Waals surface area contributed by atoms with Gasteiger partial charge in [-0.1, -0.05) is 0 Å². The number of aryl methyl sites for hydroxylation is 6. The molecular formula is C17H26N4. The Morgan fingerprint density at radius 1 is 0.714 bits per heavy atom. The van der Waals surface area contributed by atoms with E-state index in [9.17, 15) is 0 Å². The van der Waals surface area contributed by atoms with Crippen LogP contribution in [0.4, 0.5) is 0 Å². The second-order valence-corrected chi connectivity index (χ2v) is 5.39. The number of nitrogens with zero attached hydrogens (tertiary/aromatic N) is 4. The molecule has 3 aromatic heterocycles. The van der Waals surface area contributed by atoms with Crippen molar-refractivity contribution in [3.63, 3.8) is 0 Å². The van der Waals surface area contributed by atoms with Crippen molar-refractivity contribution in [2.45, 2.75) is 20.8 Å². The van der Waals surface area contributed by atoms with Crippen molar-refractivity contribution >= 4 is 0 Å². The third kappa shape index (κ3) is 7.20. The quantitative estimate of drug-likeness (QED) is 0.622. The minimum absolute atomic E-state index is 1.07. The predicted octanol–water partition coefficient (Wildman–Crippen LogP) is 3.40. The average molecular weight is 286 g/mol. The van der Waals surface area contributed by atoms with E-state index in [2.05, 4.69) is 43.4 Å². The van der Waals surface area contributed by atoms with E-state index in [1.807, 2.05) is 60.4 Å². The Morgan fingerprint density at radius 3 is 1.29 bits per heavy atom. The summed E-state index contributed by atoms with van der Waals surface area (Å²) >= 11 is 0. The van der Waals surface area contributed by atoms with Crippen molar-refractivity contribution in [1.29, 1.82) is 0 Å². The number of imidazole rings is 1. The van der Waals surface area contributed by atoms with Gasteiger partial charge in [-0.25, -0.2) is 4.98 Å². The molecule has 0 fully saturated rings. The molecule has 0 radical (unpaired) electrons. The molecule has 0 amide bonds. The molecule has 3 rings (SSSR count). The summed E-state index contributed by atoms with van der Waals surface area (Å²) in [6, 6.07) is 4.17. The predicted molar refractivity (Wildman–Crippen MR) is 88.2 cm³/mol. The van der Waals surface area contributed by atoms with Gasteiger partial charge in [0.05, 0.1) is 12.0 Å². The molecule has 4 nitrogen and oxygen atoms in total. The molecule has 0 bridgehead atoms. The normalized spacial score (nSPS) is 9.43. The van der Waals surface area contributed by atoms with Gasteiger partial charge < -0.3 is 13.7 Å². The van der Waals surface area contributed by atoms with Gasteiger partial charge in [-0.05, 0) is 44.0 Å². The van der Waals surface area contributed by atoms with E-state index < -0.39 is 0 Å². The first-order valence-corrected chi connectivity index (χ1v) is 6.98. The molecule has 0 unspecified atom stereocenters. The Morgan fingerprint density at radius 2 is 1.19 bits per heavy atom. The van der Waals surface area contributed by atoms with Crippen LogP contribution in [0.3, 0.4) is 0 Å². The zero-order valence-corrected chi connectivity index (χ0v) is 13.9. The molecule has 0 saturated heterocycles. The maximum absolute atomic E-state index is 3.98. The van der Waals surface area contributed by atoms with Gasteiger partial charge in [-0.2, -0.15) is 0 Å². The first-order chi connectivity index (χ1) is 9.86. The van der Waals surface area contributed by atoms with E-state index in [4.69, 9.17) is 0 Å². The highest BCUT2D eigenvalue weighted by Gasteiger charge is 1.82. The van der Waals surface area contributed by atoms with Crippen molar-refractivity contribution in [2.75, 3.05) is 0 Å². The van der Waals surface area contributed by atoms with Crippen molar-refractivity contribution in [3.8, 4) is 0 Å². The van der Waals surface area contributed by atoms with E-state index in [1.54, 1.807) is 6.33 Å². The van der Waals surface area contributed by atoms with E-state index in [0.717, 1.165) is 5.69 Å². The highest BCUT2D eigenvalue weighted by molar-refractivity contribution is 5.06. The molecule has 3 heterocycles. The molecule has 0 aliphatic heterocycles. The van der Waals surface area contributed by atoms with E-state index in [0.29, 0.717) is 0 Å². The Kier molecular flexibility index (Phi) is 6.53. The maximum Gasteiger partial charge on any atom is 0.0946 e. The largest absolute Gasteiger partial charge is 0.357 e. The summed E-state index contributed by atoms with van der Waals surface area (Å²) in [5, 5.41) is 0. The van der Waals surface area contributed by atoms with Gasteiger partial charge in [0.1, 0.15) is 0 Å². The molecule has 0 aliphatic rings. The smallest absolute Gasteiger partial charge is 0.0946 e. The zero-order valence-electron chi connectivity index (χ0n) is 13.9. The van der Waals surface area contributed by atoms with Gasteiger partial charge in [0.2, 0.25) is 0 Å². The second-order valence-electron chi connectivity index (χ2n) is 5.39. The monoisotopic (exact) mass is 286 g/mol. The van der Waals surface area contributed by atoms with Crippen molar-refractivity contribution in [2.24, 2.45) is 21.1 Å². The lowest BCUT2D eigenvalue weighted by molar-refractivity contribution is 0.913. The van der Waals surface area contributed by atoms with Crippen LogP contribution in [-0.2, 0) is 21.1 Å². The van der Waals surface area contributed by atoms with Crippen molar-refractivity contribution in [3.05, 3.63) is 66.3 Å². The summed E-state index contributed by atoms with van der Waals surface area (Å²) < 4.78 is 6.00. The Balaban J connectivity index is 0.000000157. The van der Waals surface area contributed by atoms with Crippen LogP contribution in [-0.4, -0.2) is 18.7 Å². The van der Waals surface area contributed by atoms with Crippen LogP contribution in [0.1, 0.15) is 16.8 Å². The molecule has 0 saturated carbocycles. The highest BCUT2D eigenvalue weighted by atomic mass is 15.0. The van der Waals surface area contributed by atoms with Crippen LogP contribution >= 0.6 is 0 Å². The molecule has 4 heteroatoms. The molecule has 0 spiro atoms. The Bertz CT molecular complexity index is 503. The molecule has 0 aliphatic carbocycles. The minimum atomic E-state index is 1.07. The number of aromatic nitrogens is 4. The number of hydrogen-bond donors (Lipinski definition) is 0. The number of rotatable bonds is 0. The fourth-order valence-corrected chi connectivity index (χ4v) is 1.83. The molecule has 0 aromatic carbocycles. The fraction of sp³-hybridized carbons (Fsp3) is 0.353. The SMILES string of the molecule is Cc1ccn(C)c1.Cc1ccn(C)c1.Cc1cn(C)cn1. The van der Waals surface area contributed by atoms with Crippen LogP contribution in [0.15, 0.2) is 49.4 Å². The van der Waals surface area contributed by atoms with Gasteiger partial charge in [-0.15, -0.1) is 0 Å². The maximum atomic E-state index is 3.98. The molecule has 3 aromatic rings. The van der Waals surface area contributed by atoms with E-state index in [-0.39, 0.29) is 0 Å². The van der Waals surface area contributed by atoms with Gasteiger partial charge in [0.15, 0.2) is 0 Å². The van der Waals surface area contributed by atoms with E-state index >= 15 is 0 Å². The first kappa shape index (κ1) is 16.8. The lowest BCUT2D eigenvalue weighted by Gasteiger charge is -1.80. The summed E-state index contributed by atoms with van der Waals surface area (Å²) in [5.41, 5.74) is 3.72. The van der Waals surface area contributed by atoms with Gasteiger partial charge in [-0.3, -0.25) is 0 Å². The lowest BCUT2D eigenvalue weighted by Crippen LogP contribution is -1.76. The molecule has 0 atom stereocenters. The third-order valence-corrected chi connectivity index (χ3v) is 2.79. The second kappa shape index (κ2) is 8.15. The summed E-state index contributed by atoms with van der Waals surface area (Å²) in [5.74, 6) is 0. The fourth-order valence-electron chi connectivity index (χ4n) is 1.83. The summed E-state index contributed by atoms with van der Waals surface area (Å²) in [6.45, 7) is 6.14. The number of hydrogen-bond acceptors (Lipinski definition) is 1. The van der Waals surface area contributed by atoms with Crippen LogP contribution in [0.5, 0.6) is 0 Å².